The second kappa shape index (κ2) is 6.26. The molecule has 0 amide bonds. The first-order valence-corrected chi connectivity index (χ1v) is 7.78. The van der Waals surface area contributed by atoms with Gasteiger partial charge in [0.1, 0.15) is 18.1 Å². The first kappa shape index (κ1) is 16.5. The highest BCUT2D eigenvalue weighted by molar-refractivity contribution is 6.32. The van der Waals surface area contributed by atoms with E-state index in [0.717, 1.165) is 4.90 Å². The lowest BCUT2D eigenvalue weighted by molar-refractivity contribution is -0.872. The number of hydrogen-bond donors (Lipinski definition) is 2. The summed E-state index contributed by atoms with van der Waals surface area (Å²) in [4.78, 5) is 13.6. The van der Waals surface area contributed by atoms with Gasteiger partial charge in [-0.05, 0) is 30.3 Å². The number of ketones is 1. The molecule has 0 fully saturated rings. The summed E-state index contributed by atoms with van der Waals surface area (Å²) in [5, 5.41) is 10.3. The average molecular weight is 349 g/mol. The minimum atomic E-state index is -0.539. The van der Waals surface area contributed by atoms with Gasteiger partial charge in [0.05, 0.1) is 30.2 Å². The Balaban J connectivity index is 2.07. The topological polar surface area (TPSA) is 51.0 Å². The van der Waals surface area contributed by atoms with E-state index in [2.05, 4.69) is 0 Å². The Bertz CT molecular complexity index is 841. The zero-order valence-corrected chi connectivity index (χ0v) is 13.9. The number of rotatable bonds is 3. The van der Waals surface area contributed by atoms with Gasteiger partial charge < -0.3 is 14.7 Å². The van der Waals surface area contributed by atoms with E-state index in [1.807, 2.05) is 14.1 Å². The van der Waals surface area contributed by atoms with E-state index in [1.165, 1.54) is 36.4 Å². The van der Waals surface area contributed by atoms with Gasteiger partial charge in [-0.15, -0.1) is 0 Å². The monoisotopic (exact) mass is 348 g/mol. The summed E-state index contributed by atoms with van der Waals surface area (Å²) in [6, 6.07) is 7.26. The van der Waals surface area contributed by atoms with E-state index >= 15 is 0 Å². The maximum Gasteiger partial charge on any atom is 0.231 e. The minimum Gasteiger partial charge on any atom is -0.507 e. The molecule has 2 aromatic carbocycles. The van der Waals surface area contributed by atoms with Gasteiger partial charge in [0, 0.05) is 5.56 Å². The highest BCUT2D eigenvalue weighted by Crippen LogP contribution is 2.39. The van der Waals surface area contributed by atoms with Gasteiger partial charge in [-0.2, -0.15) is 0 Å². The van der Waals surface area contributed by atoms with Crippen LogP contribution < -0.4 is 9.64 Å². The molecule has 124 valence electrons. The maximum absolute atomic E-state index is 13.9. The number of ether oxygens (including phenoxy) is 1. The second-order valence-corrected chi connectivity index (χ2v) is 6.31. The number of Topliss-reactive ketones (excluding diaryl/α,β-unsaturated/α-hetero) is 1. The number of halogens is 2. The molecule has 3 rings (SSSR count). The van der Waals surface area contributed by atoms with Crippen LogP contribution in [-0.2, 0) is 6.54 Å². The number of quaternary nitrogens is 1. The molecular formula is C18H16ClFNO3+. The Labute approximate surface area is 143 Å². The van der Waals surface area contributed by atoms with Crippen LogP contribution in [0.15, 0.2) is 36.1 Å². The molecule has 0 spiro atoms. The molecule has 0 aliphatic carbocycles. The Kier molecular flexibility index (Phi) is 4.30. The fourth-order valence-corrected chi connectivity index (χ4v) is 2.82. The number of benzene rings is 2. The molecule has 2 N–H and O–H groups in total. The summed E-state index contributed by atoms with van der Waals surface area (Å²) < 4.78 is 19.6. The molecule has 0 radical (unpaired) electrons. The van der Waals surface area contributed by atoms with Crippen molar-refractivity contribution in [2.45, 2.75) is 6.54 Å². The zero-order valence-electron chi connectivity index (χ0n) is 13.2. The third-order valence-corrected chi connectivity index (χ3v) is 4.05. The van der Waals surface area contributed by atoms with Crippen molar-refractivity contribution in [1.82, 2.24) is 0 Å². The molecule has 0 saturated carbocycles. The Morgan fingerprint density at radius 1 is 1.29 bits per heavy atom. The fraction of sp³-hybridized carbons (Fsp3) is 0.167. The highest BCUT2D eigenvalue weighted by Gasteiger charge is 2.32. The molecule has 0 aromatic heterocycles. The predicted octanol–water partition coefficient (Wildman–Crippen LogP) is 2.45. The molecule has 0 bridgehead atoms. The van der Waals surface area contributed by atoms with Gasteiger partial charge in [-0.1, -0.05) is 17.7 Å². The number of fused-ring (bicyclic) bond motifs is 1. The van der Waals surface area contributed by atoms with E-state index in [9.17, 15) is 14.3 Å². The number of nitrogens with one attached hydrogen (secondary N) is 1. The third-order valence-electron chi connectivity index (χ3n) is 3.72. The predicted molar refractivity (Wildman–Crippen MR) is 89.0 cm³/mol. The zero-order chi connectivity index (χ0) is 17.4. The van der Waals surface area contributed by atoms with E-state index in [-0.39, 0.29) is 27.9 Å². The summed E-state index contributed by atoms with van der Waals surface area (Å²) in [5.41, 5.74) is 0.992. The maximum atomic E-state index is 13.9. The van der Waals surface area contributed by atoms with Gasteiger partial charge >= 0.3 is 0 Å². The molecule has 0 unspecified atom stereocenters. The van der Waals surface area contributed by atoms with E-state index in [0.29, 0.717) is 23.4 Å². The highest BCUT2D eigenvalue weighted by atomic mass is 35.5. The summed E-state index contributed by atoms with van der Waals surface area (Å²) >= 11 is 6.00. The van der Waals surface area contributed by atoms with Gasteiger partial charge in [-0.25, -0.2) is 4.39 Å². The van der Waals surface area contributed by atoms with Crippen molar-refractivity contribution in [3.05, 3.63) is 63.6 Å². The van der Waals surface area contributed by atoms with Gasteiger partial charge in [0.2, 0.25) is 5.78 Å². The summed E-state index contributed by atoms with van der Waals surface area (Å²) in [5.74, 6) is -0.534. The van der Waals surface area contributed by atoms with Crippen molar-refractivity contribution in [3.63, 3.8) is 0 Å². The quantitative estimate of drug-likeness (QED) is 0.838. The smallest absolute Gasteiger partial charge is 0.231 e. The summed E-state index contributed by atoms with van der Waals surface area (Å²) in [6.45, 7) is 0.482. The third kappa shape index (κ3) is 2.88. The molecule has 2 aromatic rings. The van der Waals surface area contributed by atoms with Crippen molar-refractivity contribution in [2.24, 2.45) is 0 Å². The minimum absolute atomic E-state index is 0.0161. The molecule has 0 atom stereocenters. The van der Waals surface area contributed by atoms with Gasteiger partial charge in [0.15, 0.2) is 11.5 Å². The number of hydrogen-bond acceptors (Lipinski definition) is 3. The first-order valence-electron chi connectivity index (χ1n) is 7.40. The van der Waals surface area contributed by atoms with Crippen LogP contribution in [0.1, 0.15) is 21.5 Å². The lowest BCUT2D eigenvalue weighted by atomic mass is 10.0. The SMILES string of the molecule is C[NH+](C)Cc1c(O)ccc2c1O/C(=C\c1c(F)cccc1Cl)C2=O. The summed E-state index contributed by atoms with van der Waals surface area (Å²) in [6.07, 6.45) is 1.29. The van der Waals surface area contributed by atoms with Crippen molar-refractivity contribution in [2.75, 3.05) is 14.1 Å². The van der Waals surface area contributed by atoms with E-state index in [4.69, 9.17) is 16.3 Å². The van der Waals surface area contributed by atoms with Crippen LogP contribution in [0.5, 0.6) is 11.5 Å². The number of phenolic OH excluding ortho intramolecular Hbond substituents is 1. The van der Waals surface area contributed by atoms with Crippen LogP contribution in [0.2, 0.25) is 5.02 Å². The summed E-state index contributed by atoms with van der Waals surface area (Å²) in [7, 11) is 3.84. The molecular weight excluding hydrogens is 333 g/mol. The molecule has 6 heteroatoms. The molecule has 1 aliphatic rings. The number of carbonyl (C=O) groups is 1. The standard InChI is InChI=1S/C18H15ClFNO3/c1-21(2)9-12-15(22)7-6-10-17(23)16(24-18(10)12)8-11-13(19)4-3-5-14(11)20/h3-8,22H,9H2,1-2H3/p+1/b16-8-. The molecule has 1 heterocycles. The van der Waals surface area contributed by atoms with Crippen LogP contribution in [0.4, 0.5) is 4.39 Å². The average Bonchev–Trinajstić information content (AvgIpc) is 2.82. The van der Waals surface area contributed by atoms with E-state index in [1.54, 1.807) is 0 Å². The Hall–Kier alpha value is -2.37. The van der Waals surface area contributed by atoms with Gasteiger partial charge in [0.25, 0.3) is 0 Å². The molecule has 24 heavy (non-hydrogen) atoms. The number of phenols is 1. The van der Waals surface area contributed by atoms with Gasteiger partial charge in [-0.3, -0.25) is 4.79 Å². The lowest BCUT2D eigenvalue weighted by Gasteiger charge is -2.12. The molecule has 4 nitrogen and oxygen atoms in total. The van der Waals surface area contributed by atoms with Crippen molar-refractivity contribution in [1.29, 1.82) is 0 Å². The molecule has 0 saturated heterocycles. The molecule has 1 aliphatic heterocycles. The number of carbonyl (C=O) groups excluding carboxylic acids is 1. The normalized spacial score (nSPS) is 15.0. The van der Waals surface area contributed by atoms with Crippen molar-refractivity contribution >= 4 is 23.5 Å². The van der Waals surface area contributed by atoms with Crippen molar-refractivity contribution in [3.8, 4) is 11.5 Å². The second-order valence-electron chi connectivity index (χ2n) is 5.90. The largest absolute Gasteiger partial charge is 0.507 e. The van der Waals surface area contributed by atoms with Crippen LogP contribution >= 0.6 is 11.6 Å². The number of allylic oxidation sites excluding steroid dienone is 1. The van der Waals surface area contributed by atoms with Crippen LogP contribution in [0.3, 0.4) is 0 Å². The van der Waals surface area contributed by atoms with Crippen LogP contribution in [0.25, 0.3) is 6.08 Å². The lowest BCUT2D eigenvalue weighted by Crippen LogP contribution is -3.04. The van der Waals surface area contributed by atoms with Crippen molar-refractivity contribution < 1.29 is 23.9 Å². The van der Waals surface area contributed by atoms with Crippen LogP contribution in [0, 0.1) is 5.82 Å². The fourth-order valence-electron chi connectivity index (χ4n) is 2.60. The Morgan fingerprint density at radius 2 is 2.04 bits per heavy atom. The van der Waals surface area contributed by atoms with Crippen LogP contribution in [-0.4, -0.2) is 25.0 Å². The Morgan fingerprint density at radius 3 is 2.71 bits per heavy atom. The first-order chi connectivity index (χ1) is 11.4. The number of aromatic hydroxyl groups is 1. The van der Waals surface area contributed by atoms with E-state index < -0.39 is 5.82 Å².